The third kappa shape index (κ3) is 3.02. The molecule has 3 nitrogen and oxygen atoms in total. The van der Waals surface area contributed by atoms with Gasteiger partial charge in [0.1, 0.15) is 5.82 Å². The van der Waals surface area contributed by atoms with E-state index < -0.39 is 5.82 Å². The molecule has 0 fully saturated rings. The van der Waals surface area contributed by atoms with Crippen LogP contribution in [0.4, 0.5) is 4.39 Å². The number of rotatable bonds is 3. The highest BCUT2D eigenvalue weighted by Gasteiger charge is 2.23. The van der Waals surface area contributed by atoms with Crippen LogP contribution in [0, 0.1) is 12.7 Å². The Balaban J connectivity index is 2.08. The summed E-state index contributed by atoms with van der Waals surface area (Å²) in [5, 5.41) is 10.8. The van der Waals surface area contributed by atoms with E-state index in [4.69, 9.17) is 16.3 Å². The molecule has 0 atom stereocenters. The number of ether oxygens (including phenoxy) is 1. The van der Waals surface area contributed by atoms with E-state index in [2.05, 4.69) is 16.3 Å². The smallest absolute Gasteiger partial charge is 0.241 e. The largest absolute Gasteiger partial charge is 0.479 e. The van der Waals surface area contributed by atoms with Crippen molar-refractivity contribution in [3.8, 4) is 28.1 Å². The van der Waals surface area contributed by atoms with Crippen LogP contribution in [0.15, 0.2) is 60.7 Å². The topological polar surface area (TPSA) is 35.0 Å². The molecular weight excluding hydrogens is 363 g/mol. The maximum atomic E-state index is 14.7. The van der Waals surface area contributed by atoms with E-state index in [0.29, 0.717) is 16.3 Å². The van der Waals surface area contributed by atoms with Gasteiger partial charge in [-0.25, -0.2) is 4.39 Å². The molecule has 0 N–H and O–H groups in total. The average molecular weight is 379 g/mol. The molecule has 0 saturated heterocycles. The van der Waals surface area contributed by atoms with Crippen LogP contribution in [0.5, 0.6) is 5.88 Å². The van der Waals surface area contributed by atoms with Crippen molar-refractivity contribution in [2.24, 2.45) is 0 Å². The minimum atomic E-state index is -0.435. The Bertz CT molecular complexity index is 1140. The molecule has 1 heterocycles. The van der Waals surface area contributed by atoms with Crippen LogP contribution in [-0.2, 0) is 0 Å². The van der Waals surface area contributed by atoms with E-state index in [-0.39, 0.29) is 11.4 Å². The molecule has 0 aliphatic carbocycles. The van der Waals surface area contributed by atoms with Gasteiger partial charge in [-0.05, 0) is 41.5 Å². The lowest BCUT2D eigenvalue weighted by molar-refractivity contribution is 0.393. The molecule has 27 heavy (non-hydrogen) atoms. The fraction of sp³-hybridized carbons (Fsp3) is 0.0909. The van der Waals surface area contributed by atoms with Gasteiger partial charge in [-0.3, -0.25) is 0 Å². The number of hydrogen-bond acceptors (Lipinski definition) is 3. The highest BCUT2D eigenvalue weighted by molar-refractivity contribution is 6.33. The summed E-state index contributed by atoms with van der Waals surface area (Å²) < 4.78 is 20.2. The molecule has 4 rings (SSSR count). The first kappa shape index (κ1) is 17.4. The number of fused-ring (bicyclic) bond motifs is 1. The molecule has 0 amide bonds. The van der Waals surface area contributed by atoms with Crippen molar-refractivity contribution in [1.29, 1.82) is 0 Å². The fourth-order valence-electron chi connectivity index (χ4n) is 3.32. The second-order valence-electron chi connectivity index (χ2n) is 6.20. The van der Waals surface area contributed by atoms with Crippen LogP contribution in [0.1, 0.15) is 5.69 Å². The molecule has 1 aromatic heterocycles. The van der Waals surface area contributed by atoms with E-state index in [1.54, 1.807) is 12.1 Å². The summed E-state index contributed by atoms with van der Waals surface area (Å²) in [4.78, 5) is 0. The molecule has 0 spiro atoms. The number of methoxy groups -OCH3 is 1. The maximum absolute atomic E-state index is 14.7. The molecular formula is C22H16ClFN2O. The Morgan fingerprint density at radius 2 is 1.63 bits per heavy atom. The van der Waals surface area contributed by atoms with Gasteiger partial charge in [0.05, 0.1) is 23.4 Å². The van der Waals surface area contributed by atoms with Gasteiger partial charge in [0.2, 0.25) is 5.88 Å². The minimum absolute atomic E-state index is 0.232. The zero-order chi connectivity index (χ0) is 19.0. The molecule has 0 bridgehead atoms. The van der Waals surface area contributed by atoms with Crippen LogP contribution < -0.4 is 4.74 Å². The zero-order valence-corrected chi connectivity index (χ0v) is 15.6. The predicted molar refractivity (Wildman–Crippen MR) is 107 cm³/mol. The van der Waals surface area contributed by atoms with Gasteiger partial charge in [-0.1, -0.05) is 54.1 Å². The number of benzene rings is 3. The van der Waals surface area contributed by atoms with E-state index in [1.807, 2.05) is 43.3 Å². The zero-order valence-electron chi connectivity index (χ0n) is 14.8. The van der Waals surface area contributed by atoms with Crippen molar-refractivity contribution in [3.05, 3.63) is 77.2 Å². The van der Waals surface area contributed by atoms with Gasteiger partial charge in [0, 0.05) is 11.1 Å². The number of aromatic nitrogens is 2. The quantitative estimate of drug-likeness (QED) is 0.433. The Hall–Kier alpha value is -2.98. The summed E-state index contributed by atoms with van der Waals surface area (Å²) in [6.45, 7) is 1.84. The molecule has 4 aromatic rings. The van der Waals surface area contributed by atoms with Gasteiger partial charge in [0.15, 0.2) is 0 Å². The first-order valence-electron chi connectivity index (χ1n) is 8.45. The molecule has 0 aliphatic rings. The number of nitrogens with zero attached hydrogens (tertiary/aromatic N) is 2. The van der Waals surface area contributed by atoms with Crippen molar-refractivity contribution < 1.29 is 9.13 Å². The Morgan fingerprint density at radius 1 is 0.852 bits per heavy atom. The highest BCUT2D eigenvalue weighted by Crippen LogP contribution is 2.43. The van der Waals surface area contributed by atoms with Crippen molar-refractivity contribution in [1.82, 2.24) is 10.2 Å². The van der Waals surface area contributed by atoms with Crippen LogP contribution in [0.2, 0.25) is 5.02 Å². The van der Waals surface area contributed by atoms with Crippen molar-refractivity contribution in [2.45, 2.75) is 6.92 Å². The summed E-state index contributed by atoms with van der Waals surface area (Å²) in [6, 6.07) is 18.7. The average Bonchev–Trinajstić information content (AvgIpc) is 2.68. The van der Waals surface area contributed by atoms with Gasteiger partial charge in [-0.2, -0.15) is 5.10 Å². The van der Waals surface area contributed by atoms with E-state index in [0.717, 1.165) is 21.9 Å². The number of aryl methyl sites for hydroxylation is 1. The van der Waals surface area contributed by atoms with Crippen LogP contribution in [0.25, 0.3) is 33.0 Å². The van der Waals surface area contributed by atoms with Gasteiger partial charge < -0.3 is 4.74 Å². The Kier molecular flexibility index (Phi) is 4.50. The molecule has 0 saturated carbocycles. The molecule has 5 heteroatoms. The number of hydrogen-bond donors (Lipinski definition) is 0. The van der Waals surface area contributed by atoms with Gasteiger partial charge in [0.25, 0.3) is 0 Å². The Labute approximate surface area is 161 Å². The normalized spacial score (nSPS) is 11.0. The summed E-state index contributed by atoms with van der Waals surface area (Å²) in [5.74, 6) is -0.203. The fourth-order valence-corrected chi connectivity index (χ4v) is 3.58. The lowest BCUT2D eigenvalue weighted by atomic mass is 9.93. The highest BCUT2D eigenvalue weighted by atomic mass is 35.5. The van der Waals surface area contributed by atoms with Crippen LogP contribution >= 0.6 is 11.6 Å². The molecule has 0 unspecified atom stereocenters. The van der Waals surface area contributed by atoms with E-state index in [1.165, 1.54) is 13.2 Å². The summed E-state index contributed by atoms with van der Waals surface area (Å²) in [7, 11) is 1.49. The molecule has 134 valence electrons. The lowest BCUT2D eigenvalue weighted by Crippen LogP contribution is -2.02. The van der Waals surface area contributed by atoms with Crippen LogP contribution in [0.3, 0.4) is 0 Å². The summed E-state index contributed by atoms with van der Waals surface area (Å²) in [6.07, 6.45) is 0. The lowest BCUT2D eigenvalue weighted by Gasteiger charge is -2.17. The monoisotopic (exact) mass is 378 g/mol. The van der Waals surface area contributed by atoms with Crippen molar-refractivity contribution in [2.75, 3.05) is 7.11 Å². The van der Waals surface area contributed by atoms with E-state index >= 15 is 0 Å². The van der Waals surface area contributed by atoms with Crippen molar-refractivity contribution >= 4 is 22.4 Å². The standard InChI is InChI=1S/C22H16ClFN2O/c1-13-19(16-11-10-14-6-3-4-7-15(14)12-16)21(22(27-2)26-25-13)20-17(23)8-5-9-18(20)24/h3-12H,1-2H3. The minimum Gasteiger partial charge on any atom is -0.479 e. The SMILES string of the molecule is COc1nnc(C)c(-c2ccc3ccccc3c2)c1-c1c(F)cccc1Cl. The summed E-state index contributed by atoms with van der Waals surface area (Å²) >= 11 is 6.36. The molecule has 0 aliphatic heterocycles. The van der Waals surface area contributed by atoms with Crippen molar-refractivity contribution in [3.63, 3.8) is 0 Å². The van der Waals surface area contributed by atoms with E-state index in [9.17, 15) is 4.39 Å². The van der Waals surface area contributed by atoms with Gasteiger partial charge in [-0.15, -0.1) is 5.10 Å². The molecule has 0 radical (unpaired) electrons. The predicted octanol–water partition coefficient (Wildman–Crippen LogP) is 6.07. The molecule has 3 aromatic carbocycles. The van der Waals surface area contributed by atoms with Crippen LogP contribution in [-0.4, -0.2) is 17.3 Å². The second-order valence-corrected chi connectivity index (χ2v) is 6.61. The van der Waals surface area contributed by atoms with Gasteiger partial charge >= 0.3 is 0 Å². The third-order valence-corrected chi connectivity index (χ3v) is 4.88. The Morgan fingerprint density at radius 3 is 2.37 bits per heavy atom. The second kappa shape index (κ2) is 6.97. The third-order valence-electron chi connectivity index (χ3n) is 4.56. The first-order valence-corrected chi connectivity index (χ1v) is 8.82. The maximum Gasteiger partial charge on any atom is 0.241 e. The number of halogens is 2. The first-order chi connectivity index (χ1) is 13.1. The summed E-state index contributed by atoms with van der Waals surface area (Å²) in [5.41, 5.74) is 3.08.